The quantitative estimate of drug-likeness (QED) is 0.806. The number of alkyl halides is 3. The Bertz CT molecular complexity index is 392. The molecule has 0 amide bonds. The molecule has 0 aromatic heterocycles. The lowest BCUT2D eigenvalue weighted by molar-refractivity contribution is -0.137. The predicted molar refractivity (Wildman–Crippen MR) is 56.4 cm³/mol. The molecular weight excluding hydrogens is 231 g/mol. The second kappa shape index (κ2) is 5.58. The lowest BCUT2D eigenvalue weighted by Crippen LogP contribution is -2.14. The average molecular weight is 243 g/mol. The van der Waals surface area contributed by atoms with Gasteiger partial charge < -0.3 is 4.74 Å². The Kier molecular flexibility index (Phi) is 4.38. The second-order valence-electron chi connectivity index (χ2n) is 3.53. The first kappa shape index (κ1) is 13.4. The third-order valence-electron chi connectivity index (χ3n) is 2.26. The van der Waals surface area contributed by atoms with Crippen LogP contribution in [0.15, 0.2) is 24.3 Å². The average Bonchev–Trinajstić information content (AvgIpc) is 2.28. The van der Waals surface area contributed by atoms with E-state index in [0.717, 1.165) is 12.1 Å². The standard InChI is InChI=1S/C12H12F3NO/c1-2-10(7-8-16)17-11-5-3-9(4-6-11)12(13,14)15/h3-6,10H,2,7H2,1H3. The molecule has 0 aliphatic heterocycles. The summed E-state index contributed by atoms with van der Waals surface area (Å²) in [7, 11) is 0. The van der Waals surface area contributed by atoms with Crippen LogP contribution in [0.2, 0.25) is 0 Å². The molecule has 0 saturated heterocycles. The van der Waals surface area contributed by atoms with Crippen molar-refractivity contribution in [2.24, 2.45) is 0 Å². The summed E-state index contributed by atoms with van der Waals surface area (Å²) in [6.45, 7) is 1.85. The third kappa shape index (κ3) is 3.99. The molecule has 1 rings (SSSR count). The fourth-order valence-electron chi connectivity index (χ4n) is 1.29. The van der Waals surface area contributed by atoms with Crippen LogP contribution in [-0.4, -0.2) is 6.10 Å². The van der Waals surface area contributed by atoms with Gasteiger partial charge in [0, 0.05) is 0 Å². The number of halogens is 3. The first-order valence-electron chi connectivity index (χ1n) is 5.18. The maximum absolute atomic E-state index is 12.3. The van der Waals surface area contributed by atoms with Crippen LogP contribution in [-0.2, 0) is 6.18 Å². The van der Waals surface area contributed by atoms with Crippen LogP contribution in [0.4, 0.5) is 13.2 Å². The number of benzene rings is 1. The molecule has 1 atom stereocenters. The van der Waals surface area contributed by atoms with Crippen LogP contribution >= 0.6 is 0 Å². The largest absolute Gasteiger partial charge is 0.489 e. The van der Waals surface area contributed by atoms with E-state index in [4.69, 9.17) is 10.00 Å². The Hall–Kier alpha value is -1.70. The summed E-state index contributed by atoms with van der Waals surface area (Å²) in [5, 5.41) is 8.52. The van der Waals surface area contributed by atoms with Gasteiger partial charge in [0.25, 0.3) is 0 Å². The van der Waals surface area contributed by atoms with Gasteiger partial charge in [-0.3, -0.25) is 0 Å². The zero-order valence-electron chi connectivity index (χ0n) is 9.29. The molecule has 17 heavy (non-hydrogen) atoms. The molecule has 0 N–H and O–H groups in total. The van der Waals surface area contributed by atoms with Crippen molar-refractivity contribution in [3.8, 4) is 11.8 Å². The lowest BCUT2D eigenvalue weighted by Gasteiger charge is -2.15. The summed E-state index contributed by atoms with van der Waals surface area (Å²) in [5.41, 5.74) is -0.710. The number of rotatable bonds is 4. The van der Waals surface area contributed by atoms with Gasteiger partial charge in [-0.2, -0.15) is 18.4 Å². The summed E-state index contributed by atoms with van der Waals surface area (Å²) in [5.74, 6) is 0.347. The second-order valence-corrected chi connectivity index (χ2v) is 3.53. The lowest BCUT2D eigenvalue weighted by atomic mass is 10.2. The molecule has 2 nitrogen and oxygen atoms in total. The summed E-state index contributed by atoms with van der Waals surface area (Å²) < 4.78 is 42.2. The number of nitriles is 1. The monoisotopic (exact) mass is 243 g/mol. The maximum atomic E-state index is 12.3. The summed E-state index contributed by atoms with van der Waals surface area (Å²) in [6, 6.07) is 6.44. The van der Waals surface area contributed by atoms with Crippen molar-refractivity contribution < 1.29 is 17.9 Å². The molecule has 1 aromatic carbocycles. The van der Waals surface area contributed by atoms with Crippen molar-refractivity contribution >= 4 is 0 Å². The number of nitrogens with zero attached hydrogens (tertiary/aromatic N) is 1. The molecule has 0 aliphatic carbocycles. The molecule has 1 unspecified atom stereocenters. The smallest absolute Gasteiger partial charge is 0.416 e. The van der Waals surface area contributed by atoms with Crippen LogP contribution < -0.4 is 4.74 Å². The van der Waals surface area contributed by atoms with Crippen LogP contribution in [0, 0.1) is 11.3 Å². The predicted octanol–water partition coefficient (Wildman–Crippen LogP) is 3.78. The molecule has 0 saturated carbocycles. The summed E-state index contributed by atoms with van der Waals surface area (Å²) in [6.07, 6.45) is -3.77. The highest BCUT2D eigenvalue weighted by Gasteiger charge is 2.30. The van der Waals surface area contributed by atoms with E-state index in [9.17, 15) is 13.2 Å². The Morgan fingerprint density at radius 2 is 1.88 bits per heavy atom. The van der Waals surface area contributed by atoms with Gasteiger partial charge in [-0.05, 0) is 30.7 Å². The fraction of sp³-hybridized carbons (Fsp3) is 0.417. The van der Waals surface area contributed by atoms with Crippen molar-refractivity contribution in [2.75, 3.05) is 0 Å². The van der Waals surface area contributed by atoms with Crippen LogP contribution in [0.3, 0.4) is 0 Å². The number of hydrogen-bond acceptors (Lipinski definition) is 2. The molecule has 0 fully saturated rings. The van der Waals surface area contributed by atoms with Crippen LogP contribution in [0.1, 0.15) is 25.3 Å². The Morgan fingerprint density at radius 1 is 1.29 bits per heavy atom. The highest BCUT2D eigenvalue weighted by Crippen LogP contribution is 2.30. The van der Waals surface area contributed by atoms with Crippen molar-refractivity contribution in [2.45, 2.75) is 32.0 Å². The minimum absolute atomic E-state index is 0.220. The Labute approximate surface area is 97.6 Å². The number of hydrogen-bond donors (Lipinski definition) is 0. The van der Waals surface area contributed by atoms with E-state index in [1.165, 1.54) is 12.1 Å². The fourth-order valence-corrected chi connectivity index (χ4v) is 1.29. The zero-order valence-corrected chi connectivity index (χ0v) is 9.29. The number of ether oxygens (including phenoxy) is 1. The molecule has 0 radical (unpaired) electrons. The highest BCUT2D eigenvalue weighted by molar-refractivity contribution is 5.29. The van der Waals surface area contributed by atoms with E-state index in [0.29, 0.717) is 12.2 Å². The van der Waals surface area contributed by atoms with Gasteiger partial charge in [0.1, 0.15) is 11.9 Å². The van der Waals surface area contributed by atoms with E-state index in [1.54, 1.807) is 0 Å². The molecule has 0 spiro atoms. The van der Waals surface area contributed by atoms with Crippen LogP contribution in [0.5, 0.6) is 5.75 Å². The van der Waals surface area contributed by atoms with E-state index >= 15 is 0 Å². The van der Waals surface area contributed by atoms with E-state index in [1.807, 2.05) is 13.0 Å². The molecule has 0 bridgehead atoms. The van der Waals surface area contributed by atoms with Crippen molar-refractivity contribution in [3.05, 3.63) is 29.8 Å². The third-order valence-corrected chi connectivity index (χ3v) is 2.26. The molecule has 5 heteroatoms. The van der Waals surface area contributed by atoms with Gasteiger partial charge in [-0.25, -0.2) is 0 Å². The topological polar surface area (TPSA) is 33.0 Å². The highest BCUT2D eigenvalue weighted by atomic mass is 19.4. The van der Waals surface area contributed by atoms with Gasteiger partial charge in [0.2, 0.25) is 0 Å². The molecule has 0 heterocycles. The van der Waals surface area contributed by atoms with Gasteiger partial charge >= 0.3 is 6.18 Å². The molecular formula is C12H12F3NO. The van der Waals surface area contributed by atoms with E-state index in [-0.39, 0.29) is 12.5 Å². The molecule has 0 aliphatic rings. The normalized spacial score (nSPS) is 12.9. The van der Waals surface area contributed by atoms with E-state index in [2.05, 4.69) is 0 Å². The Balaban J connectivity index is 2.72. The summed E-state index contributed by atoms with van der Waals surface area (Å²) >= 11 is 0. The first-order chi connectivity index (χ1) is 7.97. The van der Waals surface area contributed by atoms with Crippen molar-refractivity contribution in [1.29, 1.82) is 5.26 Å². The van der Waals surface area contributed by atoms with Crippen molar-refractivity contribution in [3.63, 3.8) is 0 Å². The minimum atomic E-state index is -4.34. The van der Waals surface area contributed by atoms with Crippen molar-refractivity contribution in [1.82, 2.24) is 0 Å². The SMILES string of the molecule is CCC(CC#N)Oc1ccc(C(F)(F)F)cc1. The molecule has 1 aromatic rings. The van der Waals surface area contributed by atoms with Gasteiger partial charge in [-0.1, -0.05) is 6.92 Å². The minimum Gasteiger partial charge on any atom is -0.489 e. The Morgan fingerprint density at radius 3 is 2.29 bits per heavy atom. The first-order valence-corrected chi connectivity index (χ1v) is 5.18. The summed E-state index contributed by atoms with van der Waals surface area (Å²) in [4.78, 5) is 0. The van der Waals surface area contributed by atoms with Gasteiger partial charge in [0.05, 0.1) is 18.1 Å². The molecule has 92 valence electrons. The van der Waals surface area contributed by atoms with Gasteiger partial charge in [-0.15, -0.1) is 0 Å². The van der Waals surface area contributed by atoms with E-state index < -0.39 is 11.7 Å². The van der Waals surface area contributed by atoms with Gasteiger partial charge in [0.15, 0.2) is 0 Å². The maximum Gasteiger partial charge on any atom is 0.416 e. The van der Waals surface area contributed by atoms with Crippen LogP contribution in [0.25, 0.3) is 0 Å². The zero-order chi connectivity index (χ0) is 12.9.